The van der Waals surface area contributed by atoms with Gasteiger partial charge in [-0.25, -0.2) is 4.39 Å². The lowest BCUT2D eigenvalue weighted by molar-refractivity contribution is 0.0941. The van der Waals surface area contributed by atoms with Gasteiger partial charge in [-0.2, -0.15) is 10.6 Å². The number of fused-ring (bicyclic) bond motifs is 1. The average Bonchev–Trinajstić information content (AvgIpc) is 3.34. The maximum Gasteiger partial charge on any atom is 0.251 e. The summed E-state index contributed by atoms with van der Waals surface area (Å²) in [4.78, 5) is 17.1. The van der Waals surface area contributed by atoms with E-state index in [0.29, 0.717) is 17.7 Å². The van der Waals surface area contributed by atoms with E-state index in [0.717, 1.165) is 27.7 Å². The number of hydrogen-bond acceptors (Lipinski definition) is 4. The van der Waals surface area contributed by atoms with Crippen LogP contribution in [-0.2, 0) is 0 Å². The molecule has 0 bridgehead atoms. The Kier molecular flexibility index (Phi) is 5.21. The highest BCUT2D eigenvalue weighted by molar-refractivity contribution is 8.24. The van der Waals surface area contributed by atoms with Crippen LogP contribution in [0.1, 0.15) is 16.8 Å². The number of nitrogens with zero attached hydrogens (tertiary/aromatic N) is 2. The van der Waals surface area contributed by atoms with Crippen molar-refractivity contribution < 1.29 is 18.3 Å². The number of nitrogens with one attached hydrogen (secondary N) is 1. The van der Waals surface area contributed by atoms with Crippen molar-refractivity contribution in [2.24, 2.45) is 0 Å². The maximum absolute atomic E-state index is 13.5. The summed E-state index contributed by atoms with van der Waals surface area (Å²) < 4.78 is 35.1. The molecule has 0 spiro atoms. The molecule has 1 unspecified atom stereocenters. The fourth-order valence-corrected chi connectivity index (χ4v) is 5.86. The molecular formula is C24H22FN3O3S. The van der Waals surface area contributed by atoms with Gasteiger partial charge < -0.3 is 9.88 Å². The number of benzene rings is 2. The Hall–Kier alpha value is -3.20. The van der Waals surface area contributed by atoms with Crippen molar-refractivity contribution in [3.8, 4) is 16.8 Å². The van der Waals surface area contributed by atoms with Crippen molar-refractivity contribution in [3.05, 3.63) is 84.6 Å². The van der Waals surface area contributed by atoms with E-state index in [-0.39, 0.29) is 23.5 Å². The summed E-state index contributed by atoms with van der Waals surface area (Å²) in [6.07, 6.45) is 6.00. The Morgan fingerprint density at radius 2 is 1.97 bits per heavy atom. The SMILES string of the molecule is O=C(NC1CCS(O)(O)C1)c1ccc2c(-c3cccnc3)cn(-c3ccc(F)cc3)c2c1. The van der Waals surface area contributed by atoms with Crippen LogP contribution in [0.25, 0.3) is 27.7 Å². The molecule has 0 radical (unpaired) electrons. The number of carbonyl (C=O) groups is 1. The molecule has 5 rings (SSSR count). The van der Waals surface area contributed by atoms with Crippen LogP contribution in [0.2, 0.25) is 0 Å². The van der Waals surface area contributed by atoms with Gasteiger partial charge in [-0.3, -0.25) is 18.9 Å². The molecule has 1 fully saturated rings. The van der Waals surface area contributed by atoms with Gasteiger partial charge in [0.15, 0.2) is 0 Å². The molecular weight excluding hydrogens is 429 g/mol. The highest BCUT2D eigenvalue weighted by Crippen LogP contribution is 2.45. The monoisotopic (exact) mass is 451 g/mol. The van der Waals surface area contributed by atoms with E-state index in [2.05, 4.69) is 10.3 Å². The number of hydrogen-bond donors (Lipinski definition) is 3. The van der Waals surface area contributed by atoms with E-state index < -0.39 is 10.6 Å². The van der Waals surface area contributed by atoms with Crippen LogP contribution < -0.4 is 5.32 Å². The minimum atomic E-state index is -2.59. The first-order valence-electron chi connectivity index (χ1n) is 10.3. The van der Waals surface area contributed by atoms with Crippen molar-refractivity contribution in [3.63, 3.8) is 0 Å². The van der Waals surface area contributed by atoms with E-state index in [9.17, 15) is 18.3 Å². The summed E-state index contributed by atoms with van der Waals surface area (Å²) in [6.45, 7) is 0. The molecule has 0 aliphatic carbocycles. The molecule has 8 heteroatoms. The highest BCUT2D eigenvalue weighted by atomic mass is 32.3. The lowest BCUT2D eigenvalue weighted by atomic mass is 10.0. The van der Waals surface area contributed by atoms with Gasteiger partial charge in [0.05, 0.1) is 11.3 Å². The predicted molar refractivity (Wildman–Crippen MR) is 125 cm³/mol. The third kappa shape index (κ3) is 4.00. The van der Waals surface area contributed by atoms with Gasteiger partial charge in [0.2, 0.25) is 0 Å². The first-order chi connectivity index (χ1) is 15.4. The molecule has 0 saturated carbocycles. The molecule has 1 saturated heterocycles. The minimum absolute atomic E-state index is 0.193. The third-order valence-corrected chi connectivity index (χ3v) is 7.57. The van der Waals surface area contributed by atoms with E-state index in [1.807, 2.05) is 29.0 Å². The summed E-state index contributed by atoms with van der Waals surface area (Å²) in [6, 6.07) is 15.2. The Morgan fingerprint density at radius 3 is 2.66 bits per heavy atom. The van der Waals surface area contributed by atoms with Gasteiger partial charge in [-0.1, -0.05) is 12.1 Å². The molecule has 2 aromatic heterocycles. The largest absolute Gasteiger partial charge is 0.348 e. The quantitative estimate of drug-likeness (QED) is 0.404. The van der Waals surface area contributed by atoms with E-state index in [1.54, 1.807) is 36.7 Å². The van der Waals surface area contributed by atoms with Gasteiger partial charge in [0.1, 0.15) is 5.82 Å². The van der Waals surface area contributed by atoms with Crippen molar-refractivity contribution in [2.45, 2.75) is 12.5 Å². The van der Waals surface area contributed by atoms with Crippen LogP contribution >= 0.6 is 10.6 Å². The average molecular weight is 452 g/mol. The number of carbonyl (C=O) groups excluding carboxylic acids is 1. The zero-order valence-corrected chi connectivity index (χ0v) is 17.9. The predicted octanol–water partition coefficient (Wildman–Crippen LogP) is 5.08. The van der Waals surface area contributed by atoms with Crippen molar-refractivity contribution >= 4 is 27.4 Å². The Morgan fingerprint density at radius 1 is 1.16 bits per heavy atom. The second-order valence-electron chi connectivity index (χ2n) is 7.99. The summed E-state index contributed by atoms with van der Waals surface area (Å²) >= 11 is 0. The zero-order valence-electron chi connectivity index (χ0n) is 17.1. The van der Waals surface area contributed by atoms with Gasteiger partial charge in [0, 0.05) is 58.1 Å². The molecule has 1 aliphatic heterocycles. The van der Waals surface area contributed by atoms with E-state index in [1.165, 1.54) is 12.1 Å². The topological polar surface area (TPSA) is 87.4 Å². The summed E-state index contributed by atoms with van der Waals surface area (Å²) in [5, 5.41) is 3.85. The first-order valence-corrected chi connectivity index (χ1v) is 12.1. The van der Waals surface area contributed by atoms with Crippen molar-refractivity contribution in [1.82, 2.24) is 14.9 Å². The fourth-order valence-electron chi connectivity index (χ4n) is 4.14. The third-order valence-electron chi connectivity index (χ3n) is 5.74. The van der Waals surface area contributed by atoms with Crippen LogP contribution in [0.5, 0.6) is 0 Å². The van der Waals surface area contributed by atoms with Crippen molar-refractivity contribution in [2.75, 3.05) is 11.5 Å². The zero-order chi connectivity index (χ0) is 22.3. The summed E-state index contributed by atoms with van der Waals surface area (Å²) in [5.41, 5.74) is 3.94. The number of pyridine rings is 1. The van der Waals surface area contributed by atoms with E-state index >= 15 is 0 Å². The van der Waals surface area contributed by atoms with Crippen LogP contribution in [-0.4, -0.2) is 42.1 Å². The minimum Gasteiger partial charge on any atom is -0.348 e. The van der Waals surface area contributed by atoms with Crippen LogP contribution in [0.3, 0.4) is 0 Å². The number of amides is 1. The number of halogens is 1. The van der Waals surface area contributed by atoms with Gasteiger partial charge in [-0.05, 0) is 48.9 Å². The Bertz CT molecular complexity index is 1290. The molecule has 32 heavy (non-hydrogen) atoms. The molecule has 1 atom stereocenters. The lowest BCUT2D eigenvalue weighted by Gasteiger charge is -2.26. The normalized spacial score (nSPS) is 18.5. The summed E-state index contributed by atoms with van der Waals surface area (Å²) in [7, 11) is -2.59. The Balaban J connectivity index is 1.57. The molecule has 3 heterocycles. The molecule has 3 N–H and O–H groups in total. The van der Waals surface area contributed by atoms with Gasteiger partial charge >= 0.3 is 0 Å². The van der Waals surface area contributed by atoms with E-state index in [4.69, 9.17) is 0 Å². The molecule has 2 aromatic carbocycles. The Labute approximate surface area is 186 Å². The fraction of sp³-hybridized carbons (Fsp3) is 0.167. The number of rotatable bonds is 4. The van der Waals surface area contributed by atoms with Crippen LogP contribution in [0, 0.1) is 5.82 Å². The first kappa shape index (κ1) is 20.7. The molecule has 1 aliphatic rings. The standard InChI is InChI=1S/C24H22FN3O3S/c25-18-4-6-20(7-5-18)28-14-22(17-2-1-10-26-13-17)21-8-3-16(12-23(21)28)24(29)27-19-9-11-32(30,31)15-19/h1-8,10,12-14,19,30-31H,9,11,15H2,(H,27,29). The maximum atomic E-state index is 13.5. The summed E-state index contributed by atoms with van der Waals surface area (Å²) in [5.74, 6) is -0.0687. The van der Waals surface area contributed by atoms with Gasteiger partial charge in [0.25, 0.3) is 5.91 Å². The van der Waals surface area contributed by atoms with Crippen molar-refractivity contribution in [1.29, 1.82) is 0 Å². The molecule has 4 aromatic rings. The molecule has 164 valence electrons. The highest BCUT2D eigenvalue weighted by Gasteiger charge is 2.29. The second kappa shape index (κ2) is 8.05. The van der Waals surface area contributed by atoms with Crippen LogP contribution in [0.4, 0.5) is 4.39 Å². The smallest absolute Gasteiger partial charge is 0.251 e. The van der Waals surface area contributed by atoms with Gasteiger partial charge in [-0.15, -0.1) is 0 Å². The second-order valence-corrected chi connectivity index (χ2v) is 10.3. The molecule has 6 nitrogen and oxygen atoms in total. The lowest BCUT2D eigenvalue weighted by Crippen LogP contribution is -2.35. The van der Waals surface area contributed by atoms with Crippen LogP contribution in [0.15, 0.2) is 73.2 Å². The molecule has 1 amide bonds. The number of aromatic nitrogens is 2.